The first-order valence-corrected chi connectivity index (χ1v) is 10.6. The largest absolute Gasteiger partial charge is 0.463 e. The van der Waals surface area contributed by atoms with Gasteiger partial charge in [-0.15, -0.1) is 0 Å². The number of ether oxygens (including phenoxy) is 2. The van der Waals surface area contributed by atoms with Gasteiger partial charge in [-0.25, -0.2) is 0 Å². The zero-order chi connectivity index (χ0) is 19.9. The number of hydrogen-bond acceptors (Lipinski definition) is 6. The molecule has 1 aliphatic carbocycles. The molecule has 9 heteroatoms. The third-order valence-corrected chi connectivity index (χ3v) is 5.95. The van der Waals surface area contributed by atoms with Gasteiger partial charge in [-0.05, 0) is 37.9 Å². The molecule has 0 bridgehead atoms. The van der Waals surface area contributed by atoms with Crippen LogP contribution in [-0.4, -0.2) is 66.2 Å². The predicted molar refractivity (Wildman–Crippen MR) is 105 cm³/mol. The van der Waals surface area contributed by atoms with Crippen LogP contribution in [0.25, 0.3) is 0 Å². The van der Waals surface area contributed by atoms with Crippen molar-refractivity contribution in [2.75, 3.05) is 26.3 Å². The highest BCUT2D eigenvalue weighted by molar-refractivity contribution is 7.80. The van der Waals surface area contributed by atoms with Gasteiger partial charge in [0.05, 0.1) is 12.5 Å². The molecule has 0 radical (unpaired) electrons. The Labute approximate surface area is 170 Å². The fourth-order valence-electron chi connectivity index (χ4n) is 3.98. The van der Waals surface area contributed by atoms with E-state index in [1.54, 1.807) is 4.90 Å². The molecule has 2 amide bonds. The van der Waals surface area contributed by atoms with Crippen LogP contribution in [0.3, 0.4) is 0 Å². The van der Waals surface area contributed by atoms with Crippen molar-refractivity contribution >= 4 is 35.1 Å². The predicted octanol–water partition coefficient (Wildman–Crippen LogP) is 0.881. The molecule has 3 rings (SSSR count). The summed E-state index contributed by atoms with van der Waals surface area (Å²) < 4.78 is 10.7. The molecule has 2 aliphatic heterocycles. The van der Waals surface area contributed by atoms with Crippen molar-refractivity contribution in [3.63, 3.8) is 0 Å². The molecular weight excluding hydrogens is 382 g/mol. The van der Waals surface area contributed by atoms with E-state index in [4.69, 9.17) is 21.7 Å². The summed E-state index contributed by atoms with van der Waals surface area (Å²) in [6.07, 6.45) is 6.68. The van der Waals surface area contributed by atoms with E-state index in [2.05, 4.69) is 10.6 Å². The Kier molecular flexibility index (Phi) is 7.61. The van der Waals surface area contributed by atoms with Crippen LogP contribution >= 0.6 is 12.2 Å². The van der Waals surface area contributed by atoms with Gasteiger partial charge < -0.3 is 25.0 Å². The van der Waals surface area contributed by atoms with Crippen molar-refractivity contribution in [3.8, 4) is 0 Å². The van der Waals surface area contributed by atoms with E-state index >= 15 is 0 Å². The van der Waals surface area contributed by atoms with Gasteiger partial charge in [0.15, 0.2) is 5.11 Å². The summed E-state index contributed by atoms with van der Waals surface area (Å²) in [7, 11) is 0. The molecule has 2 heterocycles. The second-order valence-electron chi connectivity index (χ2n) is 7.65. The quantitative estimate of drug-likeness (QED) is 0.512. The van der Waals surface area contributed by atoms with E-state index in [0.717, 1.165) is 44.9 Å². The van der Waals surface area contributed by atoms with Crippen LogP contribution in [0.5, 0.6) is 0 Å². The molecule has 3 fully saturated rings. The van der Waals surface area contributed by atoms with Crippen molar-refractivity contribution < 1.29 is 23.9 Å². The van der Waals surface area contributed by atoms with Gasteiger partial charge in [0, 0.05) is 25.6 Å². The lowest BCUT2D eigenvalue weighted by atomic mass is 9.89. The summed E-state index contributed by atoms with van der Waals surface area (Å²) >= 11 is 5.40. The number of hydrogen-bond donors (Lipinski definition) is 2. The lowest BCUT2D eigenvalue weighted by Gasteiger charge is -2.36. The number of carbonyl (C=O) groups excluding carboxylic acids is 3. The van der Waals surface area contributed by atoms with E-state index in [-0.39, 0.29) is 42.0 Å². The number of rotatable bonds is 5. The Balaban J connectivity index is 1.53. The molecule has 2 N–H and O–H groups in total. The summed E-state index contributed by atoms with van der Waals surface area (Å²) in [5.74, 6) is -0.867. The summed E-state index contributed by atoms with van der Waals surface area (Å²) in [6.45, 7) is 1.75. The highest BCUT2D eigenvalue weighted by Gasteiger charge is 2.35. The summed E-state index contributed by atoms with van der Waals surface area (Å²) in [6, 6.07) is -0.773. The third-order valence-electron chi connectivity index (χ3n) is 5.61. The molecule has 28 heavy (non-hydrogen) atoms. The Morgan fingerprint density at radius 2 is 2.00 bits per heavy atom. The summed E-state index contributed by atoms with van der Waals surface area (Å²) in [4.78, 5) is 38.7. The zero-order valence-corrected chi connectivity index (χ0v) is 16.9. The van der Waals surface area contributed by atoms with Crippen molar-refractivity contribution in [2.45, 2.75) is 63.5 Å². The molecule has 2 saturated heterocycles. The second kappa shape index (κ2) is 10.2. The number of nitrogens with one attached hydrogen (secondary N) is 2. The first-order chi connectivity index (χ1) is 13.5. The minimum Gasteiger partial charge on any atom is -0.463 e. The number of esters is 1. The van der Waals surface area contributed by atoms with Crippen LogP contribution in [-0.2, 0) is 23.9 Å². The van der Waals surface area contributed by atoms with Gasteiger partial charge >= 0.3 is 5.97 Å². The SMILES string of the molecule is O=C(C[C@H]1C(=O)NCCN1C(=S)NC(=O)C1CCCCC1)OC[C@@H]1CCCO1. The van der Waals surface area contributed by atoms with E-state index in [1.165, 1.54) is 0 Å². The van der Waals surface area contributed by atoms with Gasteiger partial charge in [0.1, 0.15) is 12.6 Å². The van der Waals surface area contributed by atoms with Crippen molar-refractivity contribution in [3.05, 3.63) is 0 Å². The number of thiocarbonyl (C=S) groups is 1. The van der Waals surface area contributed by atoms with Gasteiger partial charge in [-0.3, -0.25) is 14.4 Å². The average Bonchev–Trinajstić information content (AvgIpc) is 3.22. The topological polar surface area (TPSA) is 97.0 Å². The van der Waals surface area contributed by atoms with Gasteiger partial charge in [-0.2, -0.15) is 0 Å². The Hall–Kier alpha value is -1.74. The Bertz CT molecular complexity index is 602. The molecule has 0 aromatic carbocycles. The number of amides is 2. The maximum atomic E-state index is 12.5. The number of nitrogens with zero attached hydrogens (tertiary/aromatic N) is 1. The monoisotopic (exact) mass is 411 g/mol. The third kappa shape index (κ3) is 5.64. The van der Waals surface area contributed by atoms with Crippen LogP contribution in [0.15, 0.2) is 0 Å². The van der Waals surface area contributed by atoms with Crippen LogP contribution in [0, 0.1) is 5.92 Å². The molecular formula is C19H29N3O5S. The zero-order valence-electron chi connectivity index (χ0n) is 16.1. The van der Waals surface area contributed by atoms with Crippen LogP contribution in [0.2, 0.25) is 0 Å². The van der Waals surface area contributed by atoms with Gasteiger partial charge in [0.2, 0.25) is 11.8 Å². The van der Waals surface area contributed by atoms with Crippen molar-refractivity contribution in [1.29, 1.82) is 0 Å². The minimum atomic E-state index is -0.773. The van der Waals surface area contributed by atoms with Crippen molar-refractivity contribution in [1.82, 2.24) is 15.5 Å². The van der Waals surface area contributed by atoms with Crippen LogP contribution < -0.4 is 10.6 Å². The smallest absolute Gasteiger partial charge is 0.308 e. The average molecular weight is 412 g/mol. The molecule has 0 unspecified atom stereocenters. The van der Waals surface area contributed by atoms with Gasteiger partial charge in [0.25, 0.3) is 0 Å². The normalized spacial score (nSPS) is 25.9. The number of carbonyl (C=O) groups is 3. The summed E-state index contributed by atoms with van der Waals surface area (Å²) in [5, 5.41) is 5.75. The fourth-order valence-corrected chi connectivity index (χ4v) is 4.30. The molecule has 3 aliphatic rings. The second-order valence-corrected chi connectivity index (χ2v) is 8.04. The molecule has 2 atom stereocenters. The Morgan fingerprint density at radius 1 is 1.21 bits per heavy atom. The van der Waals surface area contributed by atoms with E-state index in [0.29, 0.717) is 19.7 Å². The maximum absolute atomic E-state index is 12.5. The minimum absolute atomic E-state index is 0.0276. The van der Waals surface area contributed by atoms with Crippen molar-refractivity contribution in [2.24, 2.45) is 5.92 Å². The van der Waals surface area contributed by atoms with Gasteiger partial charge in [-0.1, -0.05) is 19.3 Å². The summed E-state index contributed by atoms with van der Waals surface area (Å²) in [5.41, 5.74) is 0. The van der Waals surface area contributed by atoms with E-state index in [9.17, 15) is 14.4 Å². The van der Waals surface area contributed by atoms with Crippen LogP contribution in [0.1, 0.15) is 51.4 Å². The lowest BCUT2D eigenvalue weighted by Crippen LogP contribution is -2.60. The highest BCUT2D eigenvalue weighted by Crippen LogP contribution is 2.24. The highest BCUT2D eigenvalue weighted by atomic mass is 32.1. The maximum Gasteiger partial charge on any atom is 0.308 e. The van der Waals surface area contributed by atoms with E-state index in [1.807, 2.05) is 0 Å². The molecule has 1 saturated carbocycles. The molecule has 0 spiro atoms. The fraction of sp³-hybridized carbons (Fsp3) is 0.789. The Morgan fingerprint density at radius 3 is 2.71 bits per heavy atom. The molecule has 0 aromatic heterocycles. The standard InChI is InChI=1S/C19H29N3O5S/c23-16(27-12-14-7-4-10-26-14)11-15-18(25)20-8-9-22(15)19(28)21-17(24)13-5-2-1-3-6-13/h13-15H,1-12H2,(H,20,25)(H,21,24,28)/t14-,15-/m0/s1. The molecule has 156 valence electrons. The van der Waals surface area contributed by atoms with Crippen LogP contribution in [0.4, 0.5) is 0 Å². The first-order valence-electron chi connectivity index (χ1n) is 10.2. The molecule has 0 aromatic rings. The first kappa shape index (κ1) is 21.0. The number of piperazine rings is 1. The lowest BCUT2D eigenvalue weighted by molar-refractivity contribution is -0.150. The molecule has 8 nitrogen and oxygen atoms in total. The van der Waals surface area contributed by atoms with E-state index < -0.39 is 12.0 Å².